The van der Waals surface area contributed by atoms with Crippen molar-refractivity contribution in [1.82, 2.24) is 9.88 Å². The SMILES string of the molecule is C=CCn1c(C)cc(C(=O)COC(=O)C(C)NC(=O)c2ccccc2)c1C. The van der Waals surface area contributed by atoms with Crippen LogP contribution in [0.5, 0.6) is 0 Å². The third-order valence-corrected chi connectivity index (χ3v) is 4.27. The Morgan fingerprint density at radius 3 is 2.52 bits per heavy atom. The Morgan fingerprint density at radius 1 is 1.22 bits per heavy atom. The summed E-state index contributed by atoms with van der Waals surface area (Å²) in [6.07, 6.45) is 1.76. The maximum atomic E-state index is 12.4. The molecule has 1 heterocycles. The third kappa shape index (κ3) is 4.94. The summed E-state index contributed by atoms with van der Waals surface area (Å²) in [5.41, 5.74) is 2.70. The number of ketones is 1. The molecule has 6 heteroatoms. The summed E-state index contributed by atoms with van der Waals surface area (Å²) < 4.78 is 7.05. The van der Waals surface area contributed by atoms with Crippen LogP contribution in [0.1, 0.15) is 39.0 Å². The number of allylic oxidation sites excluding steroid dienone is 1. The molecule has 1 aromatic carbocycles. The third-order valence-electron chi connectivity index (χ3n) is 4.27. The van der Waals surface area contributed by atoms with Crippen LogP contribution < -0.4 is 5.32 Å². The van der Waals surface area contributed by atoms with Crippen LogP contribution in [0.4, 0.5) is 0 Å². The van der Waals surface area contributed by atoms with E-state index in [9.17, 15) is 14.4 Å². The first kappa shape index (κ1) is 20.2. The Morgan fingerprint density at radius 2 is 1.89 bits per heavy atom. The fourth-order valence-electron chi connectivity index (χ4n) is 2.76. The summed E-state index contributed by atoms with van der Waals surface area (Å²) in [6, 6.07) is 9.48. The van der Waals surface area contributed by atoms with Crippen LogP contribution >= 0.6 is 0 Å². The van der Waals surface area contributed by atoms with Crippen LogP contribution in [-0.4, -0.2) is 34.9 Å². The molecule has 0 bridgehead atoms. The molecule has 0 saturated heterocycles. The van der Waals surface area contributed by atoms with Gasteiger partial charge in [0.05, 0.1) is 0 Å². The van der Waals surface area contributed by atoms with Crippen molar-refractivity contribution < 1.29 is 19.1 Å². The molecule has 6 nitrogen and oxygen atoms in total. The fourth-order valence-corrected chi connectivity index (χ4v) is 2.76. The van der Waals surface area contributed by atoms with Gasteiger partial charge < -0.3 is 14.6 Å². The molecule has 2 aromatic rings. The first-order chi connectivity index (χ1) is 12.8. The van der Waals surface area contributed by atoms with Crippen LogP contribution in [0, 0.1) is 13.8 Å². The summed E-state index contributed by atoms with van der Waals surface area (Å²) in [5.74, 6) is -1.32. The smallest absolute Gasteiger partial charge is 0.328 e. The van der Waals surface area contributed by atoms with Gasteiger partial charge in [0.25, 0.3) is 5.91 Å². The Balaban J connectivity index is 1.93. The zero-order chi connectivity index (χ0) is 20.0. The second-order valence-electron chi connectivity index (χ2n) is 6.28. The topological polar surface area (TPSA) is 77.4 Å². The summed E-state index contributed by atoms with van der Waals surface area (Å²) in [7, 11) is 0. The summed E-state index contributed by atoms with van der Waals surface area (Å²) in [5, 5.41) is 2.56. The Bertz CT molecular complexity index is 853. The van der Waals surface area contributed by atoms with Crippen LogP contribution in [0.2, 0.25) is 0 Å². The normalized spacial score (nSPS) is 11.5. The molecule has 0 spiro atoms. The van der Waals surface area contributed by atoms with E-state index in [-0.39, 0.29) is 18.3 Å². The minimum absolute atomic E-state index is 0.284. The largest absolute Gasteiger partial charge is 0.456 e. The van der Waals surface area contributed by atoms with E-state index in [4.69, 9.17) is 4.74 Å². The van der Waals surface area contributed by atoms with E-state index in [2.05, 4.69) is 11.9 Å². The predicted octanol–water partition coefficient (Wildman–Crippen LogP) is 2.84. The number of aryl methyl sites for hydroxylation is 1. The van der Waals surface area contributed by atoms with Gasteiger partial charge in [-0.2, -0.15) is 0 Å². The summed E-state index contributed by atoms with van der Waals surface area (Å²) in [6.45, 7) is 9.20. The van der Waals surface area contributed by atoms with Crippen LogP contribution in [0.15, 0.2) is 49.1 Å². The van der Waals surface area contributed by atoms with E-state index in [1.54, 1.807) is 42.5 Å². The molecule has 1 unspecified atom stereocenters. The lowest BCUT2D eigenvalue weighted by Gasteiger charge is -2.13. The van der Waals surface area contributed by atoms with Crippen LogP contribution in [0.25, 0.3) is 0 Å². The van der Waals surface area contributed by atoms with Gasteiger partial charge in [-0.25, -0.2) is 4.79 Å². The van der Waals surface area contributed by atoms with E-state index in [1.165, 1.54) is 6.92 Å². The quantitative estimate of drug-likeness (QED) is 0.442. The number of amides is 1. The van der Waals surface area contributed by atoms with Gasteiger partial charge in [0.2, 0.25) is 5.78 Å². The number of nitrogens with one attached hydrogen (secondary N) is 1. The number of rotatable bonds is 8. The Labute approximate surface area is 158 Å². The number of nitrogens with zero attached hydrogens (tertiary/aromatic N) is 1. The van der Waals surface area contributed by atoms with Gasteiger partial charge in [0.15, 0.2) is 6.61 Å². The van der Waals surface area contributed by atoms with Gasteiger partial charge in [-0.15, -0.1) is 6.58 Å². The van der Waals surface area contributed by atoms with E-state index in [0.29, 0.717) is 17.7 Å². The van der Waals surface area contributed by atoms with Crippen molar-refractivity contribution in [3.05, 3.63) is 71.6 Å². The standard InChI is InChI=1S/C21H24N2O4/c1-5-11-23-14(2)12-18(16(23)4)19(24)13-27-21(26)15(3)22-20(25)17-9-7-6-8-10-17/h5-10,12,15H,1,11,13H2,2-4H3,(H,22,25). The molecule has 1 amide bonds. The van der Waals surface area contributed by atoms with Crippen molar-refractivity contribution in [3.63, 3.8) is 0 Å². The fraction of sp³-hybridized carbons (Fsp3) is 0.286. The molecule has 0 radical (unpaired) electrons. The van der Waals surface area contributed by atoms with Crippen molar-refractivity contribution in [1.29, 1.82) is 0 Å². The number of esters is 1. The lowest BCUT2D eigenvalue weighted by molar-refractivity contribution is -0.144. The molecule has 0 aliphatic rings. The zero-order valence-electron chi connectivity index (χ0n) is 15.8. The average molecular weight is 368 g/mol. The van der Waals surface area contributed by atoms with E-state index in [0.717, 1.165) is 11.4 Å². The van der Waals surface area contributed by atoms with Gasteiger partial charge in [-0.1, -0.05) is 24.3 Å². The lowest BCUT2D eigenvalue weighted by Crippen LogP contribution is -2.40. The highest BCUT2D eigenvalue weighted by molar-refractivity contribution is 6.00. The maximum absolute atomic E-state index is 12.4. The Hall–Kier alpha value is -3.15. The highest BCUT2D eigenvalue weighted by atomic mass is 16.5. The first-order valence-corrected chi connectivity index (χ1v) is 8.68. The van der Waals surface area contributed by atoms with E-state index >= 15 is 0 Å². The van der Waals surface area contributed by atoms with Gasteiger partial charge >= 0.3 is 5.97 Å². The second kappa shape index (κ2) is 8.98. The number of carbonyl (C=O) groups is 3. The number of carbonyl (C=O) groups excluding carboxylic acids is 3. The van der Waals surface area contributed by atoms with Crippen LogP contribution in [0.3, 0.4) is 0 Å². The van der Waals surface area contributed by atoms with Crippen molar-refractivity contribution in [2.45, 2.75) is 33.4 Å². The van der Waals surface area contributed by atoms with Gasteiger partial charge in [-0.3, -0.25) is 9.59 Å². The molecule has 0 aliphatic heterocycles. The number of hydrogen-bond donors (Lipinski definition) is 1. The molecule has 1 N–H and O–H groups in total. The second-order valence-corrected chi connectivity index (χ2v) is 6.28. The molecule has 1 aromatic heterocycles. The highest BCUT2D eigenvalue weighted by Crippen LogP contribution is 2.16. The minimum Gasteiger partial charge on any atom is -0.456 e. The van der Waals surface area contributed by atoms with Crippen molar-refractivity contribution in [2.24, 2.45) is 0 Å². The lowest BCUT2D eigenvalue weighted by atomic mass is 10.1. The molecule has 1 atom stereocenters. The van der Waals surface area contributed by atoms with Crippen molar-refractivity contribution in [2.75, 3.05) is 6.61 Å². The monoisotopic (exact) mass is 368 g/mol. The number of aromatic nitrogens is 1. The van der Waals surface area contributed by atoms with Gasteiger partial charge in [0.1, 0.15) is 6.04 Å². The molecule has 27 heavy (non-hydrogen) atoms. The molecule has 0 aliphatic carbocycles. The summed E-state index contributed by atoms with van der Waals surface area (Å²) in [4.78, 5) is 36.6. The number of ether oxygens (including phenoxy) is 1. The number of hydrogen-bond acceptors (Lipinski definition) is 4. The first-order valence-electron chi connectivity index (χ1n) is 8.68. The molecule has 0 fully saturated rings. The highest BCUT2D eigenvalue weighted by Gasteiger charge is 2.21. The number of benzene rings is 1. The molecular weight excluding hydrogens is 344 g/mol. The predicted molar refractivity (Wildman–Crippen MR) is 103 cm³/mol. The molecule has 2 rings (SSSR count). The zero-order valence-corrected chi connectivity index (χ0v) is 15.8. The summed E-state index contributed by atoms with van der Waals surface area (Å²) >= 11 is 0. The van der Waals surface area contributed by atoms with E-state index < -0.39 is 12.0 Å². The minimum atomic E-state index is -0.862. The molecular formula is C21H24N2O4. The average Bonchev–Trinajstić information content (AvgIpc) is 2.95. The van der Waals surface area contributed by atoms with Crippen molar-refractivity contribution in [3.8, 4) is 0 Å². The van der Waals surface area contributed by atoms with Crippen molar-refractivity contribution >= 4 is 17.7 Å². The van der Waals surface area contributed by atoms with Gasteiger partial charge in [-0.05, 0) is 39.0 Å². The Kier molecular flexibility index (Phi) is 6.71. The molecule has 0 saturated carbocycles. The van der Waals surface area contributed by atoms with Gasteiger partial charge in [0, 0.05) is 29.1 Å². The van der Waals surface area contributed by atoms with Crippen LogP contribution in [-0.2, 0) is 16.1 Å². The van der Waals surface area contributed by atoms with E-state index in [1.807, 2.05) is 18.4 Å². The maximum Gasteiger partial charge on any atom is 0.328 e. The molecule has 142 valence electrons. The number of Topliss-reactive ketones (excluding diaryl/α,β-unsaturated/α-hetero) is 1.